The molecule has 0 aromatic carbocycles. The number of carbonyl (C=O) groups excluding carboxylic acids is 2. The van der Waals surface area contributed by atoms with Crippen LogP contribution in [0.1, 0.15) is 25.7 Å². The van der Waals surface area contributed by atoms with E-state index >= 15 is 0 Å². The Kier molecular flexibility index (Phi) is 3.61. The molecule has 0 N–H and O–H groups in total. The van der Waals surface area contributed by atoms with Crippen LogP contribution in [-0.4, -0.2) is 41.8 Å². The third kappa shape index (κ3) is 2.96. The van der Waals surface area contributed by atoms with Crippen molar-refractivity contribution in [1.82, 2.24) is 9.80 Å². The standard InChI is InChI=1S/C13H18N2O2/c1-14-8-5-11(6-9-14)7-10-15-12(16)3-2-4-13(15)17/h5-6,8H,2-4,7,9-10H2,1H3. The van der Waals surface area contributed by atoms with Crippen molar-refractivity contribution in [3.05, 3.63) is 23.9 Å². The Morgan fingerprint density at radius 2 is 1.94 bits per heavy atom. The summed E-state index contributed by atoms with van der Waals surface area (Å²) in [5, 5.41) is 0. The van der Waals surface area contributed by atoms with E-state index in [1.807, 2.05) is 19.3 Å². The number of likely N-dealkylation sites (N-methyl/N-ethyl adjacent to an activating group) is 1. The van der Waals surface area contributed by atoms with E-state index in [4.69, 9.17) is 0 Å². The van der Waals surface area contributed by atoms with Crippen LogP contribution in [0, 0.1) is 0 Å². The Balaban J connectivity index is 1.87. The summed E-state index contributed by atoms with van der Waals surface area (Å²) < 4.78 is 0. The molecule has 0 saturated carbocycles. The van der Waals surface area contributed by atoms with Crippen LogP contribution in [-0.2, 0) is 9.59 Å². The lowest BCUT2D eigenvalue weighted by Crippen LogP contribution is -2.40. The molecule has 4 heteroatoms. The number of allylic oxidation sites excluding steroid dienone is 1. The molecule has 0 atom stereocenters. The second kappa shape index (κ2) is 5.17. The Labute approximate surface area is 102 Å². The molecule has 0 radical (unpaired) electrons. The number of imide groups is 1. The third-order valence-electron chi connectivity index (χ3n) is 3.19. The maximum Gasteiger partial charge on any atom is 0.229 e. The fraction of sp³-hybridized carbons (Fsp3) is 0.538. The van der Waals surface area contributed by atoms with Gasteiger partial charge in [0.25, 0.3) is 0 Å². The fourth-order valence-electron chi connectivity index (χ4n) is 2.09. The van der Waals surface area contributed by atoms with Gasteiger partial charge >= 0.3 is 0 Å². The first kappa shape index (κ1) is 11.9. The van der Waals surface area contributed by atoms with E-state index in [-0.39, 0.29) is 11.8 Å². The Morgan fingerprint density at radius 3 is 2.53 bits per heavy atom. The molecule has 4 nitrogen and oxygen atoms in total. The lowest BCUT2D eigenvalue weighted by Gasteiger charge is -2.25. The highest BCUT2D eigenvalue weighted by molar-refractivity contribution is 5.97. The van der Waals surface area contributed by atoms with Crippen molar-refractivity contribution in [3.63, 3.8) is 0 Å². The van der Waals surface area contributed by atoms with Gasteiger partial charge in [0.2, 0.25) is 11.8 Å². The van der Waals surface area contributed by atoms with Gasteiger partial charge in [0, 0.05) is 33.0 Å². The lowest BCUT2D eigenvalue weighted by molar-refractivity contribution is -0.147. The van der Waals surface area contributed by atoms with Crippen LogP contribution in [0.15, 0.2) is 23.9 Å². The summed E-state index contributed by atoms with van der Waals surface area (Å²) in [5.74, 6) is -0.0301. The Hall–Kier alpha value is -1.58. The van der Waals surface area contributed by atoms with Gasteiger partial charge in [0.1, 0.15) is 0 Å². The summed E-state index contributed by atoms with van der Waals surface area (Å²) in [6, 6.07) is 0. The van der Waals surface area contributed by atoms with Crippen LogP contribution in [0.2, 0.25) is 0 Å². The molecule has 0 bridgehead atoms. The fourth-order valence-corrected chi connectivity index (χ4v) is 2.09. The number of likely N-dealkylation sites (tertiary alicyclic amines) is 1. The summed E-state index contributed by atoms with van der Waals surface area (Å²) >= 11 is 0. The van der Waals surface area contributed by atoms with Crippen LogP contribution in [0.5, 0.6) is 0 Å². The first-order valence-corrected chi connectivity index (χ1v) is 6.07. The van der Waals surface area contributed by atoms with Crippen molar-refractivity contribution < 1.29 is 9.59 Å². The summed E-state index contributed by atoms with van der Waals surface area (Å²) in [6.45, 7) is 1.42. The van der Waals surface area contributed by atoms with Gasteiger partial charge < -0.3 is 4.90 Å². The molecular weight excluding hydrogens is 216 g/mol. The number of hydrogen-bond donors (Lipinski definition) is 0. The predicted octanol–water partition coefficient (Wildman–Crippen LogP) is 1.30. The highest BCUT2D eigenvalue weighted by atomic mass is 16.2. The summed E-state index contributed by atoms with van der Waals surface area (Å²) in [7, 11) is 2.02. The zero-order valence-corrected chi connectivity index (χ0v) is 10.2. The zero-order valence-electron chi connectivity index (χ0n) is 10.2. The first-order valence-electron chi connectivity index (χ1n) is 6.07. The van der Waals surface area contributed by atoms with Crippen LogP contribution in [0.4, 0.5) is 0 Å². The topological polar surface area (TPSA) is 40.6 Å². The van der Waals surface area contributed by atoms with Crippen LogP contribution in [0.3, 0.4) is 0 Å². The molecular formula is C13H18N2O2. The largest absolute Gasteiger partial charge is 0.377 e. The van der Waals surface area contributed by atoms with Gasteiger partial charge in [0.05, 0.1) is 0 Å². The second-order valence-electron chi connectivity index (χ2n) is 4.58. The SMILES string of the molecule is CN1C=CC(CCN2C(=O)CCCC2=O)=CC1. The van der Waals surface area contributed by atoms with Crippen molar-refractivity contribution in [1.29, 1.82) is 0 Å². The monoisotopic (exact) mass is 234 g/mol. The molecule has 2 amide bonds. The molecule has 1 fully saturated rings. The zero-order chi connectivity index (χ0) is 12.3. The molecule has 0 aliphatic carbocycles. The average molecular weight is 234 g/mol. The molecule has 1 saturated heterocycles. The van der Waals surface area contributed by atoms with Crippen LogP contribution < -0.4 is 0 Å². The maximum absolute atomic E-state index is 11.6. The van der Waals surface area contributed by atoms with Gasteiger partial charge in [-0.05, 0) is 30.7 Å². The van der Waals surface area contributed by atoms with Gasteiger partial charge in [-0.2, -0.15) is 0 Å². The predicted molar refractivity (Wildman–Crippen MR) is 65.0 cm³/mol. The molecule has 2 rings (SSSR count). The molecule has 92 valence electrons. The molecule has 0 unspecified atom stereocenters. The minimum Gasteiger partial charge on any atom is -0.377 e. The first-order chi connectivity index (χ1) is 8.16. The van der Waals surface area contributed by atoms with E-state index in [9.17, 15) is 9.59 Å². The number of amides is 2. The van der Waals surface area contributed by atoms with Crippen molar-refractivity contribution in [2.45, 2.75) is 25.7 Å². The van der Waals surface area contributed by atoms with Gasteiger partial charge in [-0.1, -0.05) is 6.08 Å². The minimum absolute atomic E-state index is 0.0150. The Morgan fingerprint density at radius 1 is 1.24 bits per heavy atom. The lowest BCUT2D eigenvalue weighted by atomic mass is 10.1. The van der Waals surface area contributed by atoms with E-state index in [0.29, 0.717) is 25.8 Å². The normalized spacial score (nSPS) is 20.9. The van der Waals surface area contributed by atoms with Gasteiger partial charge in [-0.15, -0.1) is 0 Å². The number of rotatable bonds is 3. The van der Waals surface area contributed by atoms with Crippen molar-refractivity contribution in [2.24, 2.45) is 0 Å². The average Bonchev–Trinajstić information content (AvgIpc) is 2.31. The molecule has 2 heterocycles. The number of nitrogens with zero attached hydrogens (tertiary/aromatic N) is 2. The van der Waals surface area contributed by atoms with Crippen molar-refractivity contribution >= 4 is 11.8 Å². The molecule has 2 aliphatic heterocycles. The van der Waals surface area contributed by atoms with Crippen LogP contribution >= 0.6 is 0 Å². The van der Waals surface area contributed by atoms with Crippen molar-refractivity contribution in [2.75, 3.05) is 20.1 Å². The number of hydrogen-bond acceptors (Lipinski definition) is 3. The quantitative estimate of drug-likeness (QED) is 0.691. The van der Waals surface area contributed by atoms with E-state index in [1.54, 1.807) is 0 Å². The van der Waals surface area contributed by atoms with Crippen molar-refractivity contribution in [3.8, 4) is 0 Å². The summed E-state index contributed by atoms with van der Waals surface area (Å²) in [5.41, 5.74) is 1.20. The second-order valence-corrected chi connectivity index (χ2v) is 4.58. The smallest absolute Gasteiger partial charge is 0.229 e. The maximum atomic E-state index is 11.6. The third-order valence-corrected chi connectivity index (χ3v) is 3.19. The molecule has 0 aromatic rings. The molecule has 17 heavy (non-hydrogen) atoms. The minimum atomic E-state index is -0.0150. The summed E-state index contributed by atoms with van der Waals surface area (Å²) in [6.07, 6.45) is 8.71. The van der Waals surface area contributed by atoms with E-state index in [2.05, 4.69) is 11.0 Å². The highest BCUT2D eigenvalue weighted by Gasteiger charge is 2.25. The van der Waals surface area contributed by atoms with E-state index in [1.165, 1.54) is 10.5 Å². The molecule has 2 aliphatic rings. The Bertz CT molecular complexity index is 369. The molecule has 0 aromatic heterocycles. The molecule has 0 spiro atoms. The highest BCUT2D eigenvalue weighted by Crippen LogP contribution is 2.15. The number of carbonyl (C=O) groups is 2. The van der Waals surface area contributed by atoms with Gasteiger partial charge in [-0.3, -0.25) is 14.5 Å². The van der Waals surface area contributed by atoms with Crippen LogP contribution in [0.25, 0.3) is 0 Å². The van der Waals surface area contributed by atoms with E-state index < -0.39 is 0 Å². The number of piperidine rings is 1. The summed E-state index contributed by atoms with van der Waals surface area (Å²) in [4.78, 5) is 26.7. The van der Waals surface area contributed by atoms with Gasteiger partial charge in [-0.25, -0.2) is 0 Å². The van der Waals surface area contributed by atoms with E-state index in [0.717, 1.165) is 13.0 Å². The van der Waals surface area contributed by atoms with Gasteiger partial charge in [0.15, 0.2) is 0 Å².